The first-order valence-electron chi connectivity index (χ1n) is 6.12. The molecule has 2 rings (SSSR count). The third-order valence-electron chi connectivity index (χ3n) is 3.12. The van der Waals surface area contributed by atoms with Gasteiger partial charge in [0.15, 0.2) is 5.78 Å². The normalized spacial score (nSPS) is 16.4. The molecule has 0 N–H and O–H groups in total. The third kappa shape index (κ3) is 3.06. The molecule has 0 bridgehead atoms. The summed E-state index contributed by atoms with van der Waals surface area (Å²) in [5, 5.41) is 0. The molecule has 1 nitrogen and oxygen atoms in total. The molecule has 1 aliphatic rings. The zero-order valence-corrected chi connectivity index (χ0v) is 9.61. The van der Waals surface area contributed by atoms with Crippen molar-refractivity contribution in [3.05, 3.63) is 47.5 Å². The van der Waals surface area contributed by atoms with Gasteiger partial charge in [0.2, 0.25) is 0 Å². The molecule has 0 heterocycles. The van der Waals surface area contributed by atoms with Gasteiger partial charge in [-0.15, -0.1) is 0 Å². The van der Waals surface area contributed by atoms with Crippen molar-refractivity contribution in [3.8, 4) is 0 Å². The number of hydrogen-bond donors (Lipinski definition) is 0. The molecule has 1 heteroatoms. The number of benzene rings is 1. The lowest BCUT2D eigenvalue weighted by Gasteiger charge is -2.04. The fourth-order valence-corrected chi connectivity index (χ4v) is 2.17. The molecule has 0 spiro atoms. The van der Waals surface area contributed by atoms with E-state index in [-0.39, 0.29) is 5.78 Å². The maximum Gasteiger partial charge on any atom is 0.166 e. The highest BCUT2D eigenvalue weighted by atomic mass is 16.1. The van der Waals surface area contributed by atoms with Crippen LogP contribution in [0.2, 0.25) is 0 Å². The number of ketones is 1. The quantitative estimate of drug-likeness (QED) is 0.545. The van der Waals surface area contributed by atoms with E-state index in [4.69, 9.17) is 0 Å². The van der Waals surface area contributed by atoms with Crippen LogP contribution in [-0.4, -0.2) is 5.78 Å². The van der Waals surface area contributed by atoms with Crippen LogP contribution in [0.3, 0.4) is 0 Å². The van der Waals surface area contributed by atoms with Crippen LogP contribution in [-0.2, 0) is 0 Å². The van der Waals surface area contributed by atoms with E-state index in [0.717, 1.165) is 18.4 Å². The van der Waals surface area contributed by atoms with Crippen molar-refractivity contribution in [2.24, 2.45) is 0 Å². The van der Waals surface area contributed by atoms with Crippen LogP contribution in [0.15, 0.2) is 42.0 Å². The zero-order valence-electron chi connectivity index (χ0n) is 9.61. The molecule has 0 fully saturated rings. The monoisotopic (exact) mass is 214 g/mol. The van der Waals surface area contributed by atoms with Gasteiger partial charge in [-0.3, -0.25) is 4.79 Å². The number of allylic oxidation sites excluding steroid dienone is 2. The van der Waals surface area contributed by atoms with Crippen molar-refractivity contribution < 1.29 is 4.79 Å². The summed E-state index contributed by atoms with van der Waals surface area (Å²) >= 11 is 0. The van der Waals surface area contributed by atoms with Gasteiger partial charge in [0.05, 0.1) is 0 Å². The summed E-state index contributed by atoms with van der Waals surface area (Å²) in [7, 11) is 0. The number of rotatable bonds is 3. The standard InChI is InChI=1S/C15H18O/c16-15(14-10-6-3-7-11-14)12-13-8-4-1-2-5-9-13/h3,6-8,10-11H,1-2,4-5,9,12H2. The Bertz CT molecular complexity index is 376. The van der Waals surface area contributed by atoms with Gasteiger partial charge >= 0.3 is 0 Å². The van der Waals surface area contributed by atoms with Crippen molar-refractivity contribution in [2.45, 2.75) is 38.5 Å². The van der Waals surface area contributed by atoms with Crippen molar-refractivity contribution in [3.63, 3.8) is 0 Å². The summed E-state index contributed by atoms with van der Waals surface area (Å²) in [5.41, 5.74) is 2.18. The van der Waals surface area contributed by atoms with Crippen molar-refractivity contribution in [2.75, 3.05) is 0 Å². The molecule has 1 aromatic carbocycles. The molecule has 16 heavy (non-hydrogen) atoms. The Morgan fingerprint density at radius 2 is 1.88 bits per heavy atom. The first-order chi connectivity index (χ1) is 7.86. The lowest BCUT2D eigenvalue weighted by molar-refractivity contribution is 0.0992. The fraction of sp³-hybridized carbons (Fsp3) is 0.400. The van der Waals surface area contributed by atoms with E-state index in [9.17, 15) is 4.79 Å². The smallest absolute Gasteiger partial charge is 0.166 e. The zero-order chi connectivity index (χ0) is 11.2. The van der Waals surface area contributed by atoms with Gasteiger partial charge in [0, 0.05) is 12.0 Å². The van der Waals surface area contributed by atoms with E-state index < -0.39 is 0 Å². The predicted octanol–water partition coefficient (Wildman–Crippen LogP) is 4.15. The summed E-state index contributed by atoms with van der Waals surface area (Å²) in [5.74, 6) is 0.258. The first-order valence-corrected chi connectivity index (χ1v) is 6.12. The van der Waals surface area contributed by atoms with Crippen LogP contribution in [0, 0.1) is 0 Å². The molecule has 0 saturated heterocycles. The molecular weight excluding hydrogens is 196 g/mol. The van der Waals surface area contributed by atoms with Gasteiger partial charge in [0.25, 0.3) is 0 Å². The van der Waals surface area contributed by atoms with Gasteiger partial charge in [-0.25, -0.2) is 0 Å². The molecule has 1 aliphatic carbocycles. The van der Waals surface area contributed by atoms with Crippen LogP contribution >= 0.6 is 0 Å². The molecule has 0 aliphatic heterocycles. The highest BCUT2D eigenvalue weighted by Gasteiger charge is 2.09. The SMILES string of the molecule is O=C(CC1=CCCCCC1)c1ccccc1. The van der Waals surface area contributed by atoms with E-state index in [1.165, 1.54) is 24.8 Å². The van der Waals surface area contributed by atoms with Gasteiger partial charge in [-0.05, 0) is 25.7 Å². The number of hydrogen-bond acceptors (Lipinski definition) is 1. The molecule has 0 aromatic heterocycles. The van der Waals surface area contributed by atoms with Crippen LogP contribution in [0.1, 0.15) is 48.9 Å². The van der Waals surface area contributed by atoms with Crippen molar-refractivity contribution in [1.82, 2.24) is 0 Å². The van der Waals surface area contributed by atoms with Gasteiger partial charge in [0.1, 0.15) is 0 Å². The number of carbonyl (C=O) groups excluding carboxylic acids is 1. The lowest BCUT2D eigenvalue weighted by atomic mass is 10.00. The van der Waals surface area contributed by atoms with Crippen LogP contribution in [0.5, 0.6) is 0 Å². The second-order valence-corrected chi connectivity index (χ2v) is 4.43. The minimum absolute atomic E-state index is 0.258. The Hall–Kier alpha value is -1.37. The highest BCUT2D eigenvalue weighted by molar-refractivity contribution is 5.97. The molecule has 1 aromatic rings. The molecule has 0 unspecified atom stereocenters. The minimum Gasteiger partial charge on any atom is -0.294 e. The Morgan fingerprint density at radius 3 is 2.69 bits per heavy atom. The molecule has 0 amide bonds. The highest BCUT2D eigenvalue weighted by Crippen LogP contribution is 2.21. The van der Waals surface area contributed by atoms with E-state index >= 15 is 0 Å². The second kappa shape index (κ2) is 5.64. The average Bonchev–Trinajstić information content (AvgIpc) is 2.59. The van der Waals surface area contributed by atoms with Crippen molar-refractivity contribution in [1.29, 1.82) is 0 Å². The average molecular weight is 214 g/mol. The summed E-state index contributed by atoms with van der Waals surface area (Å²) in [6.45, 7) is 0. The molecular formula is C15H18O. The van der Waals surface area contributed by atoms with Gasteiger partial charge in [-0.2, -0.15) is 0 Å². The lowest BCUT2D eigenvalue weighted by Crippen LogP contribution is -2.00. The third-order valence-corrected chi connectivity index (χ3v) is 3.12. The molecule has 0 saturated carbocycles. The van der Waals surface area contributed by atoms with Crippen LogP contribution in [0.25, 0.3) is 0 Å². The van der Waals surface area contributed by atoms with Gasteiger partial charge in [-0.1, -0.05) is 48.4 Å². The van der Waals surface area contributed by atoms with E-state index in [0.29, 0.717) is 6.42 Å². The Labute approximate surface area is 97.2 Å². The Kier molecular flexibility index (Phi) is 3.92. The first kappa shape index (κ1) is 11.1. The van der Waals surface area contributed by atoms with E-state index in [1.54, 1.807) is 0 Å². The van der Waals surface area contributed by atoms with Crippen LogP contribution in [0.4, 0.5) is 0 Å². The summed E-state index contributed by atoms with van der Waals surface area (Å²) in [6.07, 6.45) is 8.98. The number of carbonyl (C=O) groups is 1. The molecule has 84 valence electrons. The van der Waals surface area contributed by atoms with Crippen LogP contribution < -0.4 is 0 Å². The molecule has 0 atom stereocenters. The van der Waals surface area contributed by atoms with E-state index in [2.05, 4.69) is 6.08 Å². The summed E-state index contributed by atoms with van der Waals surface area (Å²) in [6, 6.07) is 9.60. The molecule has 0 radical (unpaired) electrons. The maximum atomic E-state index is 12.0. The van der Waals surface area contributed by atoms with E-state index in [1.807, 2.05) is 30.3 Å². The number of Topliss-reactive ketones (excluding diaryl/α,β-unsaturated/α-hetero) is 1. The summed E-state index contributed by atoms with van der Waals surface area (Å²) in [4.78, 5) is 12.0. The maximum absolute atomic E-state index is 12.0. The fourth-order valence-electron chi connectivity index (χ4n) is 2.17. The minimum atomic E-state index is 0.258. The Balaban J connectivity index is 1.99. The van der Waals surface area contributed by atoms with Crippen molar-refractivity contribution >= 4 is 5.78 Å². The summed E-state index contributed by atoms with van der Waals surface area (Å²) < 4.78 is 0. The predicted molar refractivity (Wildman–Crippen MR) is 66.6 cm³/mol. The second-order valence-electron chi connectivity index (χ2n) is 4.43. The topological polar surface area (TPSA) is 17.1 Å². The largest absolute Gasteiger partial charge is 0.294 e. The van der Waals surface area contributed by atoms with Gasteiger partial charge < -0.3 is 0 Å². The Morgan fingerprint density at radius 1 is 1.06 bits per heavy atom.